The van der Waals surface area contributed by atoms with Gasteiger partial charge in [0, 0.05) is 17.2 Å². The van der Waals surface area contributed by atoms with E-state index in [1.54, 1.807) is 12.0 Å². The van der Waals surface area contributed by atoms with Gasteiger partial charge >= 0.3 is 0 Å². The average Bonchev–Trinajstić information content (AvgIpc) is 3.55. The lowest BCUT2D eigenvalue weighted by atomic mass is 9.95. The van der Waals surface area contributed by atoms with Crippen LogP contribution in [-0.2, 0) is 6.54 Å². The van der Waals surface area contributed by atoms with Crippen LogP contribution in [0.2, 0.25) is 0 Å². The molecule has 0 saturated heterocycles. The molecule has 3 aromatic carbocycles. The SMILES string of the molecule is COc1ccccc1N1Cc2cc(-c3cc(C(=O)NC4CC4)ccc3C)ccc2C1=O. The number of rotatable bonds is 5. The van der Waals surface area contributed by atoms with Crippen LogP contribution >= 0.6 is 0 Å². The van der Waals surface area contributed by atoms with Gasteiger partial charge in [-0.2, -0.15) is 0 Å². The average molecular weight is 412 g/mol. The number of nitrogens with zero attached hydrogens (tertiary/aromatic N) is 1. The minimum atomic E-state index is -0.0275. The van der Waals surface area contributed by atoms with E-state index in [0.29, 0.717) is 29.5 Å². The fraction of sp³-hybridized carbons (Fsp3) is 0.231. The van der Waals surface area contributed by atoms with E-state index in [1.165, 1.54) is 0 Å². The third kappa shape index (κ3) is 3.56. The third-order valence-electron chi connectivity index (χ3n) is 6.01. The molecular weight excluding hydrogens is 388 g/mol. The molecule has 5 rings (SSSR count). The first-order valence-electron chi connectivity index (χ1n) is 10.5. The largest absolute Gasteiger partial charge is 0.495 e. The minimum Gasteiger partial charge on any atom is -0.495 e. The van der Waals surface area contributed by atoms with Crippen LogP contribution in [0, 0.1) is 6.92 Å². The van der Waals surface area contributed by atoms with Gasteiger partial charge in [-0.05, 0) is 78.4 Å². The number of hydrogen-bond acceptors (Lipinski definition) is 3. The summed E-state index contributed by atoms with van der Waals surface area (Å²) in [5.41, 5.74) is 6.22. The van der Waals surface area contributed by atoms with Crippen LogP contribution in [0.15, 0.2) is 60.7 Å². The van der Waals surface area contributed by atoms with Crippen LogP contribution in [0.25, 0.3) is 11.1 Å². The number of hydrogen-bond donors (Lipinski definition) is 1. The summed E-state index contributed by atoms with van der Waals surface area (Å²) in [6.07, 6.45) is 2.12. The van der Waals surface area contributed by atoms with E-state index in [-0.39, 0.29) is 11.8 Å². The lowest BCUT2D eigenvalue weighted by Gasteiger charge is -2.18. The molecule has 1 N–H and O–H groups in total. The summed E-state index contributed by atoms with van der Waals surface area (Å²) >= 11 is 0. The number of aryl methyl sites for hydroxylation is 1. The van der Waals surface area contributed by atoms with Crippen molar-refractivity contribution >= 4 is 17.5 Å². The van der Waals surface area contributed by atoms with E-state index < -0.39 is 0 Å². The van der Waals surface area contributed by atoms with Crippen molar-refractivity contribution in [2.24, 2.45) is 0 Å². The number of amides is 2. The number of fused-ring (bicyclic) bond motifs is 1. The number of para-hydroxylation sites is 2. The molecule has 1 fully saturated rings. The minimum absolute atomic E-state index is 0.0255. The molecule has 0 radical (unpaired) electrons. The second-order valence-corrected chi connectivity index (χ2v) is 8.21. The smallest absolute Gasteiger partial charge is 0.259 e. The molecule has 0 unspecified atom stereocenters. The summed E-state index contributed by atoms with van der Waals surface area (Å²) in [6, 6.07) is 19.6. The van der Waals surface area contributed by atoms with Gasteiger partial charge < -0.3 is 15.0 Å². The number of nitrogens with one attached hydrogen (secondary N) is 1. The Kier molecular flexibility index (Phi) is 4.74. The normalized spacial score (nSPS) is 15.0. The number of methoxy groups -OCH3 is 1. The van der Waals surface area contributed by atoms with Crippen molar-refractivity contribution in [1.29, 1.82) is 0 Å². The monoisotopic (exact) mass is 412 g/mol. The van der Waals surface area contributed by atoms with Crippen molar-refractivity contribution in [3.8, 4) is 16.9 Å². The Bertz CT molecular complexity index is 1200. The van der Waals surface area contributed by atoms with Crippen molar-refractivity contribution < 1.29 is 14.3 Å². The molecule has 5 nitrogen and oxygen atoms in total. The van der Waals surface area contributed by atoms with Crippen molar-refractivity contribution in [2.75, 3.05) is 12.0 Å². The Hall–Kier alpha value is -3.60. The molecule has 2 amide bonds. The number of carbonyl (C=O) groups is 2. The highest BCUT2D eigenvalue weighted by molar-refractivity contribution is 6.11. The highest BCUT2D eigenvalue weighted by Crippen LogP contribution is 2.36. The predicted octanol–water partition coefficient (Wildman–Crippen LogP) is 4.72. The lowest BCUT2D eigenvalue weighted by Crippen LogP contribution is -2.25. The van der Waals surface area contributed by atoms with E-state index in [9.17, 15) is 9.59 Å². The highest BCUT2D eigenvalue weighted by Gasteiger charge is 2.30. The Balaban J connectivity index is 1.47. The van der Waals surface area contributed by atoms with Gasteiger partial charge in [-0.1, -0.05) is 24.3 Å². The molecule has 1 aliphatic heterocycles. The van der Waals surface area contributed by atoms with Gasteiger partial charge in [0.15, 0.2) is 0 Å². The summed E-state index contributed by atoms with van der Waals surface area (Å²) in [5.74, 6) is 0.622. The van der Waals surface area contributed by atoms with E-state index >= 15 is 0 Å². The number of carbonyl (C=O) groups excluding carboxylic acids is 2. The Morgan fingerprint density at radius 1 is 1.03 bits per heavy atom. The summed E-state index contributed by atoms with van der Waals surface area (Å²) in [4.78, 5) is 27.3. The summed E-state index contributed by atoms with van der Waals surface area (Å²) in [7, 11) is 1.61. The van der Waals surface area contributed by atoms with E-state index in [2.05, 4.69) is 11.4 Å². The third-order valence-corrected chi connectivity index (χ3v) is 6.01. The Morgan fingerprint density at radius 3 is 2.61 bits per heavy atom. The first kappa shape index (κ1) is 19.4. The molecule has 0 atom stereocenters. The van der Waals surface area contributed by atoms with Crippen molar-refractivity contribution in [1.82, 2.24) is 5.32 Å². The van der Waals surface area contributed by atoms with Crippen molar-refractivity contribution in [2.45, 2.75) is 32.4 Å². The quantitative estimate of drug-likeness (QED) is 0.660. The molecule has 31 heavy (non-hydrogen) atoms. The van der Waals surface area contributed by atoms with Crippen LogP contribution < -0.4 is 15.0 Å². The molecule has 0 spiro atoms. The molecule has 1 heterocycles. The van der Waals surface area contributed by atoms with Gasteiger partial charge in [0.1, 0.15) is 5.75 Å². The zero-order valence-electron chi connectivity index (χ0n) is 17.6. The number of ether oxygens (including phenoxy) is 1. The van der Waals surface area contributed by atoms with Crippen molar-refractivity contribution in [3.63, 3.8) is 0 Å². The van der Waals surface area contributed by atoms with Crippen molar-refractivity contribution in [3.05, 3.63) is 82.9 Å². The molecule has 156 valence electrons. The second kappa shape index (κ2) is 7.58. The van der Waals surface area contributed by atoms with E-state index in [0.717, 1.165) is 40.8 Å². The second-order valence-electron chi connectivity index (χ2n) is 8.21. The maximum Gasteiger partial charge on any atom is 0.259 e. The number of anilines is 1. The van der Waals surface area contributed by atoms with Gasteiger partial charge in [-0.3, -0.25) is 9.59 Å². The van der Waals surface area contributed by atoms with Crippen LogP contribution in [0.5, 0.6) is 5.75 Å². The Morgan fingerprint density at radius 2 is 1.84 bits per heavy atom. The zero-order valence-corrected chi connectivity index (χ0v) is 17.6. The molecule has 1 saturated carbocycles. The number of benzene rings is 3. The molecule has 0 aromatic heterocycles. The molecule has 5 heteroatoms. The van der Waals surface area contributed by atoms with E-state index in [4.69, 9.17) is 4.74 Å². The van der Waals surface area contributed by atoms with Gasteiger partial charge in [0.05, 0.1) is 19.3 Å². The van der Waals surface area contributed by atoms with Gasteiger partial charge in [0.2, 0.25) is 0 Å². The van der Waals surface area contributed by atoms with Gasteiger partial charge in [0.25, 0.3) is 11.8 Å². The van der Waals surface area contributed by atoms with Gasteiger partial charge in [-0.25, -0.2) is 0 Å². The molecule has 0 bridgehead atoms. The molecule has 2 aliphatic rings. The first-order valence-corrected chi connectivity index (χ1v) is 10.5. The molecule has 3 aromatic rings. The fourth-order valence-electron chi connectivity index (χ4n) is 4.11. The first-order chi connectivity index (χ1) is 15.0. The zero-order chi connectivity index (χ0) is 21.5. The topological polar surface area (TPSA) is 58.6 Å². The standard InChI is InChI=1S/C26H24N2O3/c1-16-7-8-18(25(29)27-20-10-11-20)14-22(16)17-9-12-21-19(13-17)15-28(26(21)30)23-5-3-4-6-24(23)31-2/h3-9,12-14,20H,10-11,15H2,1-2H3,(H,27,29). The van der Waals surface area contributed by atoms with Gasteiger partial charge in [-0.15, -0.1) is 0 Å². The van der Waals surface area contributed by atoms with Crippen LogP contribution in [0.4, 0.5) is 5.69 Å². The molecular formula is C26H24N2O3. The van der Waals surface area contributed by atoms with E-state index in [1.807, 2.05) is 61.5 Å². The lowest BCUT2D eigenvalue weighted by molar-refractivity contribution is 0.0949. The Labute approximate surface area is 181 Å². The maximum atomic E-state index is 13.0. The molecule has 1 aliphatic carbocycles. The predicted molar refractivity (Wildman–Crippen MR) is 121 cm³/mol. The van der Waals surface area contributed by atoms with Crippen LogP contribution in [-0.4, -0.2) is 25.0 Å². The summed E-state index contributed by atoms with van der Waals surface area (Å²) in [5, 5.41) is 3.05. The highest BCUT2D eigenvalue weighted by atomic mass is 16.5. The summed E-state index contributed by atoms with van der Waals surface area (Å²) < 4.78 is 5.45. The maximum absolute atomic E-state index is 13.0. The van der Waals surface area contributed by atoms with Crippen LogP contribution in [0.3, 0.4) is 0 Å². The summed E-state index contributed by atoms with van der Waals surface area (Å²) in [6.45, 7) is 2.53. The van der Waals surface area contributed by atoms with Crippen LogP contribution in [0.1, 0.15) is 44.7 Å². The fourth-order valence-corrected chi connectivity index (χ4v) is 4.11.